The normalized spacial score (nSPS) is 13.2. The minimum absolute atomic E-state index is 0.235. The van der Waals surface area contributed by atoms with Gasteiger partial charge in [0.25, 0.3) is 0 Å². The molecule has 0 saturated heterocycles. The van der Waals surface area contributed by atoms with Gasteiger partial charge in [0.15, 0.2) is 0 Å². The number of thiol groups is 1. The third-order valence-electron chi connectivity index (χ3n) is 3.35. The SMILES string of the molecule is CCCC(CS)(CCC)CN(C)CCS(C)(=O)=O. The molecule has 0 bridgehead atoms. The molecule has 18 heavy (non-hydrogen) atoms. The molecule has 0 amide bonds. The van der Waals surface area contributed by atoms with E-state index in [9.17, 15) is 8.42 Å². The Labute approximate surface area is 119 Å². The molecule has 0 rings (SSSR count). The molecule has 0 unspecified atom stereocenters. The van der Waals surface area contributed by atoms with Gasteiger partial charge in [-0.3, -0.25) is 0 Å². The summed E-state index contributed by atoms with van der Waals surface area (Å²) in [4.78, 5) is 2.14. The van der Waals surface area contributed by atoms with Gasteiger partial charge in [-0.1, -0.05) is 26.7 Å². The van der Waals surface area contributed by atoms with Gasteiger partial charge in [0.2, 0.25) is 0 Å². The van der Waals surface area contributed by atoms with Crippen LogP contribution in [0.4, 0.5) is 0 Å². The van der Waals surface area contributed by atoms with Gasteiger partial charge >= 0.3 is 0 Å². The van der Waals surface area contributed by atoms with Gasteiger partial charge in [-0.2, -0.15) is 12.6 Å². The van der Waals surface area contributed by atoms with Crippen molar-refractivity contribution < 1.29 is 8.42 Å². The highest BCUT2D eigenvalue weighted by Gasteiger charge is 2.28. The predicted octanol–water partition coefficient (Wildman–Crippen LogP) is 2.48. The van der Waals surface area contributed by atoms with E-state index in [0.717, 1.165) is 38.0 Å². The summed E-state index contributed by atoms with van der Waals surface area (Å²) in [7, 11) is -0.858. The fourth-order valence-electron chi connectivity index (χ4n) is 2.53. The van der Waals surface area contributed by atoms with E-state index in [1.807, 2.05) is 7.05 Å². The molecular formula is C13H29NO2S2. The zero-order valence-corrected chi connectivity index (χ0v) is 14.0. The Kier molecular flexibility index (Phi) is 8.56. The summed E-state index contributed by atoms with van der Waals surface area (Å²) in [5, 5.41) is 0. The van der Waals surface area contributed by atoms with Gasteiger partial charge in [0.05, 0.1) is 5.75 Å². The molecule has 0 aliphatic heterocycles. The Hall–Kier alpha value is 0.260. The molecule has 0 spiro atoms. The van der Waals surface area contributed by atoms with Crippen molar-refractivity contribution >= 4 is 22.5 Å². The minimum atomic E-state index is -2.87. The highest BCUT2D eigenvalue weighted by atomic mass is 32.2. The molecule has 0 aromatic carbocycles. The van der Waals surface area contributed by atoms with Crippen LogP contribution >= 0.6 is 12.6 Å². The smallest absolute Gasteiger partial charge is 0.148 e. The Morgan fingerprint density at radius 3 is 2.00 bits per heavy atom. The van der Waals surface area contributed by atoms with Crippen LogP contribution in [0.1, 0.15) is 39.5 Å². The summed E-state index contributed by atoms with van der Waals surface area (Å²) < 4.78 is 22.4. The number of rotatable bonds is 10. The van der Waals surface area contributed by atoms with E-state index in [1.54, 1.807) is 0 Å². The van der Waals surface area contributed by atoms with Crippen LogP contribution in [0.15, 0.2) is 0 Å². The highest BCUT2D eigenvalue weighted by molar-refractivity contribution is 7.90. The van der Waals surface area contributed by atoms with Crippen LogP contribution in [0.5, 0.6) is 0 Å². The average Bonchev–Trinajstić information content (AvgIpc) is 2.26. The summed E-state index contributed by atoms with van der Waals surface area (Å²) in [5.74, 6) is 1.11. The molecule has 0 aromatic rings. The van der Waals surface area contributed by atoms with Crippen molar-refractivity contribution in [2.24, 2.45) is 5.41 Å². The van der Waals surface area contributed by atoms with Crippen molar-refractivity contribution in [1.29, 1.82) is 0 Å². The zero-order valence-electron chi connectivity index (χ0n) is 12.3. The second-order valence-electron chi connectivity index (χ2n) is 5.53. The first-order valence-corrected chi connectivity index (χ1v) is 9.45. The van der Waals surface area contributed by atoms with Crippen LogP contribution in [-0.2, 0) is 9.84 Å². The van der Waals surface area contributed by atoms with Crippen molar-refractivity contribution in [3.8, 4) is 0 Å². The van der Waals surface area contributed by atoms with Crippen molar-refractivity contribution in [1.82, 2.24) is 4.90 Å². The third kappa shape index (κ3) is 7.64. The second-order valence-corrected chi connectivity index (χ2v) is 8.10. The van der Waals surface area contributed by atoms with Crippen molar-refractivity contribution in [2.75, 3.05) is 37.9 Å². The van der Waals surface area contributed by atoms with E-state index < -0.39 is 9.84 Å². The van der Waals surface area contributed by atoms with Crippen LogP contribution in [0, 0.1) is 5.41 Å². The monoisotopic (exact) mass is 295 g/mol. The first kappa shape index (κ1) is 18.3. The Morgan fingerprint density at radius 1 is 1.17 bits per heavy atom. The molecule has 0 fully saturated rings. The first-order chi connectivity index (χ1) is 8.28. The van der Waals surface area contributed by atoms with Gasteiger partial charge in [-0.05, 0) is 31.1 Å². The van der Waals surface area contributed by atoms with Gasteiger partial charge in [-0.15, -0.1) is 0 Å². The summed E-state index contributed by atoms with van der Waals surface area (Å²) in [6, 6.07) is 0. The Morgan fingerprint density at radius 2 is 1.67 bits per heavy atom. The highest BCUT2D eigenvalue weighted by Crippen LogP contribution is 2.32. The molecule has 0 radical (unpaired) electrons. The van der Waals surface area contributed by atoms with Gasteiger partial charge < -0.3 is 4.90 Å². The van der Waals surface area contributed by atoms with E-state index in [1.165, 1.54) is 6.26 Å². The molecule has 0 aliphatic carbocycles. The van der Waals surface area contributed by atoms with Crippen LogP contribution in [0.2, 0.25) is 0 Å². The van der Waals surface area contributed by atoms with E-state index in [2.05, 4.69) is 31.4 Å². The van der Waals surface area contributed by atoms with Crippen molar-refractivity contribution in [3.05, 3.63) is 0 Å². The molecule has 5 heteroatoms. The Bertz CT molecular complexity index is 309. The standard InChI is InChI=1S/C13H29NO2S2/c1-5-7-13(12-17,8-6-2)11-14(3)9-10-18(4,15)16/h17H,5-12H2,1-4H3. The second kappa shape index (κ2) is 8.43. The molecule has 0 saturated carbocycles. The molecule has 0 aromatic heterocycles. The fraction of sp³-hybridized carbons (Fsp3) is 1.00. The summed E-state index contributed by atoms with van der Waals surface area (Å²) in [6.07, 6.45) is 5.92. The van der Waals surface area contributed by atoms with E-state index in [0.29, 0.717) is 6.54 Å². The summed E-state index contributed by atoms with van der Waals surface area (Å²) in [5.41, 5.74) is 0.235. The molecule has 3 nitrogen and oxygen atoms in total. The lowest BCUT2D eigenvalue weighted by molar-refractivity contribution is 0.175. The third-order valence-corrected chi connectivity index (χ3v) is 4.94. The average molecular weight is 296 g/mol. The fourth-order valence-corrected chi connectivity index (χ4v) is 3.58. The maximum atomic E-state index is 11.2. The molecule has 0 atom stereocenters. The molecular weight excluding hydrogens is 266 g/mol. The lowest BCUT2D eigenvalue weighted by Crippen LogP contribution is -2.39. The zero-order chi connectivity index (χ0) is 14.2. The molecule has 110 valence electrons. The number of nitrogens with zero attached hydrogens (tertiary/aromatic N) is 1. The lowest BCUT2D eigenvalue weighted by atomic mass is 9.80. The molecule has 0 aliphatic rings. The topological polar surface area (TPSA) is 37.4 Å². The number of hydrogen-bond acceptors (Lipinski definition) is 4. The summed E-state index contributed by atoms with van der Waals surface area (Å²) in [6.45, 7) is 5.95. The van der Waals surface area contributed by atoms with Crippen LogP contribution in [0.25, 0.3) is 0 Å². The molecule has 0 heterocycles. The van der Waals surface area contributed by atoms with E-state index in [4.69, 9.17) is 0 Å². The Balaban J connectivity index is 4.46. The maximum absolute atomic E-state index is 11.2. The largest absolute Gasteiger partial charge is 0.305 e. The van der Waals surface area contributed by atoms with Crippen molar-refractivity contribution in [2.45, 2.75) is 39.5 Å². The van der Waals surface area contributed by atoms with Gasteiger partial charge in [0.1, 0.15) is 9.84 Å². The van der Waals surface area contributed by atoms with Crippen molar-refractivity contribution in [3.63, 3.8) is 0 Å². The molecule has 0 N–H and O–H groups in total. The minimum Gasteiger partial charge on any atom is -0.305 e. The van der Waals surface area contributed by atoms with Crippen LogP contribution in [-0.4, -0.2) is 51.2 Å². The lowest BCUT2D eigenvalue weighted by Gasteiger charge is -2.36. The maximum Gasteiger partial charge on any atom is 0.148 e. The predicted molar refractivity (Wildman–Crippen MR) is 83.3 cm³/mol. The first-order valence-electron chi connectivity index (χ1n) is 6.75. The number of hydrogen-bond donors (Lipinski definition) is 1. The number of sulfone groups is 1. The van der Waals surface area contributed by atoms with Crippen LogP contribution in [0.3, 0.4) is 0 Å². The van der Waals surface area contributed by atoms with Gasteiger partial charge in [-0.25, -0.2) is 8.42 Å². The van der Waals surface area contributed by atoms with E-state index in [-0.39, 0.29) is 11.2 Å². The quantitative estimate of drug-likeness (QED) is 0.629. The summed E-state index contributed by atoms with van der Waals surface area (Å²) >= 11 is 4.52. The van der Waals surface area contributed by atoms with E-state index >= 15 is 0 Å². The van der Waals surface area contributed by atoms with Gasteiger partial charge in [0, 0.05) is 19.3 Å². The van der Waals surface area contributed by atoms with Crippen LogP contribution < -0.4 is 0 Å².